The van der Waals surface area contributed by atoms with Crippen molar-refractivity contribution in [2.45, 2.75) is 18.9 Å². The van der Waals surface area contributed by atoms with E-state index in [2.05, 4.69) is 0 Å². The summed E-state index contributed by atoms with van der Waals surface area (Å²) in [6, 6.07) is 16.4. The Kier molecular flexibility index (Phi) is 6.49. The summed E-state index contributed by atoms with van der Waals surface area (Å²) >= 11 is 0. The molecule has 6 N–H and O–H groups in total. The number of allylic oxidation sites excluding steroid dienone is 1. The highest BCUT2D eigenvalue weighted by molar-refractivity contribution is 5.96. The van der Waals surface area contributed by atoms with Gasteiger partial charge in [0.05, 0.1) is 13.2 Å². The first-order chi connectivity index (χ1) is 18.6. The lowest BCUT2D eigenvalue weighted by Gasteiger charge is -2.33. The van der Waals surface area contributed by atoms with E-state index in [4.69, 9.17) is 9.47 Å². The molecule has 0 heterocycles. The summed E-state index contributed by atoms with van der Waals surface area (Å²) in [6.07, 6.45) is -0.855. The van der Waals surface area contributed by atoms with Gasteiger partial charge in [0.2, 0.25) is 0 Å². The number of methoxy groups -OCH3 is 2. The third kappa shape index (κ3) is 4.45. The van der Waals surface area contributed by atoms with Gasteiger partial charge in [-0.15, -0.1) is 0 Å². The van der Waals surface area contributed by atoms with Crippen molar-refractivity contribution in [2.75, 3.05) is 14.2 Å². The average molecular weight is 529 g/mol. The molecule has 1 aliphatic carbocycles. The second kappa shape index (κ2) is 9.81. The largest absolute Gasteiger partial charge is 0.508 e. The fourth-order valence-electron chi connectivity index (χ4n) is 5.58. The van der Waals surface area contributed by atoms with E-state index in [0.29, 0.717) is 50.3 Å². The van der Waals surface area contributed by atoms with Crippen LogP contribution in [0.3, 0.4) is 0 Å². The summed E-state index contributed by atoms with van der Waals surface area (Å²) in [7, 11) is 2.97. The Bertz CT molecular complexity index is 1600. The van der Waals surface area contributed by atoms with Gasteiger partial charge in [0.15, 0.2) is 0 Å². The molecule has 0 aliphatic heterocycles. The zero-order chi connectivity index (χ0) is 28.0. The van der Waals surface area contributed by atoms with Gasteiger partial charge in [-0.3, -0.25) is 0 Å². The molecule has 0 saturated carbocycles. The number of phenols is 6. The Balaban J connectivity index is 2.02. The highest BCUT2D eigenvalue weighted by Crippen LogP contribution is 2.52. The number of fused-ring (bicyclic) bond motifs is 4. The maximum atomic E-state index is 11.1. The number of rotatable bonds is 3. The van der Waals surface area contributed by atoms with Crippen LogP contribution in [0.25, 0.3) is 22.5 Å². The molecule has 0 radical (unpaired) electrons. The Labute approximate surface area is 224 Å². The second-order valence-electron chi connectivity index (χ2n) is 9.51. The lowest BCUT2D eigenvalue weighted by Crippen LogP contribution is -2.18. The Morgan fingerprint density at radius 1 is 0.590 bits per heavy atom. The molecule has 0 unspecified atom stereocenters. The highest BCUT2D eigenvalue weighted by Gasteiger charge is 2.35. The molecular formula is C31H28O8. The second-order valence-corrected chi connectivity index (χ2v) is 9.51. The Morgan fingerprint density at radius 3 is 1.79 bits per heavy atom. The molecule has 0 aromatic heterocycles. The van der Waals surface area contributed by atoms with E-state index in [0.717, 1.165) is 0 Å². The van der Waals surface area contributed by atoms with Gasteiger partial charge in [-0.25, -0.2) is 0 Å². The molecule has 5 rings (SSSR count). The van der Waals surface area contributed by atoms with Crippen LogP contribution in [-0.4, -0.2) is 44.9 Å². The van der Waals surface area contributed by atoms with Crippen LogP contribution < -0.4 is 0 Å². The summed E-state index contributed by atoms with van der Waals surface area (Å²) in [5.74, 6) is -1.18. The summed E-state index contributed by atoms with van der Waals surface area (Å²) < 4.78 is 11.9. The minimum atomic E-state index is -0.855. The molecule has 8 heteroatoms. The van der Waals surface area contributed by atoms with Crippen LogP contribution in [0.5, 0.6) is 34.5 Å². The summed E-state index contributed by atoms with van der Waals surface area (Å²) in [6.45, 7) is 1.82. The van der Waals surface area contributed by atoms with Crippen molar-refractivity contribution in [3.8, 4) is 45.6 Å². The molecule has 8 nitrogen and oxygen atoms in total. The lowest BCUT2D eigenvalue weighted by molar-refractivity contribution is 0.0891. The van der Waals surface area contributed by atoms with Crippen LogP contribution in [0.1, 0.15) is 46.8 Å². The minimum Gasteiger partial charge on any atom is -0.508 e. The minimum absolute atomic E-state index is 0.0198. The molecule has 2 atom stereocenters. The first kappa shape index (κ1) is 25.8. The maximum Gasteiger partial charge on any atom is 0.130 e. The van der Waals surface area contributed by atoms with Gasteiger partial charge >= 0.3 is 0 Å². The van der Waals surface area contributed by atoms with Crippen molar-refractivity contribution >= 4 is 11.3 Å². The molecular weight excluding hydrogens is 500 g/mol. The van der Waals surface area contributed by atoms with E-state index in [-0.39, 0.29) is 34.5 Å². The van der Waals surface area contributed by atoms with Crippen LogP contribution >= 0.6 is 0 Å². The molecule has 4 aromatic rings. The predicted octanol–water partition coefficient (Wildman–Crippen LogP) is 5.95. The number of aromatic hydroxyl groups is 6. The van der Waals surface area contributed by atoms with E-state index in [1.807, 2.05) is 6.92 Å². The van der Waals surface area contributed by atoms with E-state index in [1.165, 1.54) is 62.8 Å². The first-order valence-electron chi connectivity index (χ1n) is 12.2. The SMILES string of the molecule is CO/C1=C(\C)c2ccc(O)cc2[C@@H](c2cc(O)cc(O)c2)[C@H](OC)c2cc(O)ccc2-c2c(O)cc(O)cc21. The zero-order valence-electron chi connectivity index (χ0n) is 21.5. The number of hydrogen-bond donors (Lipinski definition) is 6. The maximum absolute atomic E-state index is 11.1. The predicted molar refractivity (Wildman–Crippen MR) is 146 cm³/mol. The van der Waals surface area contributed by atoms with Gasteiger partial charge in [-0.05, 0) is 82.8 Å². The fraction of sp³-hybridized carbons (Fsp3) is 0.161. The van der Waals surface area contributed by atoms with Gasteiger partial charge in [-0.2, -0.15) is 0 Å². The molecule has 0 amide bonds. The number of benzene rings is 4. The smallest absolute Gasteiger partial charge is 0.130 e. The van der Waals surface area contributed by atoms with Crippen molar-refractivity contribution in [2.24, 2.45) is 0 Å². The Hall–Kier alpha value is -4.82. The van der Waals surface area contributed by atoms with Crippen molar-refractivity contribution < 1.29 is 40.1 Å². The standard InChI is InChI=1S/C31H28O8/c1-15-22-6-4-17(32)11-24(22)28(16-8-19(34)10-20(35)9-16)31(39-3)25-12-18(33)5-7-23(25)29-26(30(15)38-2)13-21(36)14-27(29)37/h4-14,28,31-37H,1-3H3/b30-15+/t28-,31-/m1/s1. The van der Waals surface area contributed by atoms with Gasteiger partial charge in [-0.1, -0.05) is 12.1 Å². The average Bonchev–Trinajstić information content (AvgIpc) is 2.86. The lowest BCUT2D eigenvalue weighted by atomic mass is 9.76. The van der Waals surface area contributed by atoms with Crippen LogP contribution in [0.4, 0.5) is 0 Å². The van der Waals surface area contributed by atoms with Crippen LogP contribution in [-0.2, 0) is 9.47 Å². The monoisotopic (exact) mass is 528 g/mol. The molecule has 0 fully saturated rings. The molecule has 0 spiro atoms. The number of hydrogen-bond acceptors (Lipinski definition) is 8. The zero-order valence-corrected chi connectivity index (χ0v) is 21.5. The fourth-order valence-corrected chi connectivity index (χ4v) is 5.58. The van der Waals surface area contributed by atoms with Crippen molar-refractivity contribution in [3.63, 3.8) is 0 Å². The van der Waals surface area contributed by atoms with E-state index in [9.17, 15) is 30.6 Å². The number of phenolic OH excluding ortho intramolecular Hbond substituents is 6. The Morgan fingerprint density at radius 2 is 1.18 bits per heavy atom. The van der Waals surface area contributed by atoms with Crippen LogP contribution in [0.2, 0.25) is 0 Å². The molecule has 39 heavy (non-hydrogen) atoms. The molecule has 200 valence electrons. The third-order valence-corrected chi connectivity index (χ3v) is 7.12. The van der Waals surface area contributed by atoms with Gasteiger partial charge < -0.3 is 40.1 Å². The van der Waals surface area contributed by atoms with E-state index < -0.39 is 12.0 Å². The quantitative estimate of drug-likeness (QED) is 0.192. The van der Waals surface area contributed by atoms with E-state index in [1.54, 1.807) is 18.2 Å². The van der Waals surface area contributed by atoms with E-state index >= 15 is 0 Å². The number of ether oxygens (including phenoxy) is 2. The van der Waals surface area contributed by atoms with Crippen LogP contribution in [0, 0.1) is 0 Å². The normalized spacial score (nSPS) is 18.5. The molecule has 4 aromatic carbocycles. The molecule has 0 bridgehead atoms. The summed E-state index contributed by atoms with van der Waals surface area (Å²) in [4.78, 5) is 0. The summed E-state index contributed by atoms with van der Waals surface area (Å²) in [5, 5.41) is 63.5. The first-order valence-corrected chi connectivity index (χ1v) is 12.2. The highest BCUT2D eigenvalue weighted by atomic mass is 16.5. The third-order valence-electron chi connectivity index (χ3n) is 7.12. The molecule has 1 aliphatic rings. The molecule has 0 saturated heterocycles. The van der Waals surface area contributed by atoms with Crippen LogP contribution in [0.15, 0.2) is 66.7 Å². The van der Waals surface area contributed by atoms with Gasteiger partial charge in [0.1, 0.15) is 40.3 Å². The van der Waals surface area contributed by atoms with Crippen molar-refractivity contribution in [1.82, 2.24) is 0 Å². The van der Waals surface area contributed by atoms with Gasteiger partial charge in [0, 0.05) is 36.3 Å². The topological polar surface area (TPSA) is 140 Å². The van der Waals surface area contributed by atoms with Crippen molar-refractivity contribution in [3.05, 3.63) is 94.5 Å². The summed E-state index contributed by atoms with van der Waals surface area (Å²) in [5.41, 5.74) is 4.05. The van der Waals surface area contributed by atoms with Gasteiger partial charge in [0.25, 0.3) is 0 Å². The van der Waals surface area contributed by atoms with Crippen molar-refractivity contribution in [1.29, 1.82) is 0 Å².